The van der Waals surface area contributed by atoms with Crippen molar-refractivity contribution in [2.75, 3.05) is 0 Å². The van der Waals surface area contributed by atoms with E-state index in [4.69, 9.17) is 0 Å². The minimum atomic E-state index is -4.62. The summed E-state index contributed by atoms with van der Waals surface area (Å²) in [6.45, 7) is 1.84. The van der Waals surface area contributed by atoms with Crippen LogP contribution in [0.25, 0.3) is 21.7 Å². The molecule has 1 heterocycles. The number of pyridine rings is 1. The monoisotopic (exact) mass is 279 g/mol. The molecular weight excluding hydrogens is 270 g/mol. The molecule has 0 bridgehead atoms. The van der Waals surface area contributed by atoms with E-state index in [1.807, 2.05) is 6.92 Å². The molecule has 5 heteroatoms. The Kier molecular flexibility index (Phi) is 2.67. The van der Waals surface area contributed by atoms with Gasteiger partial charge in [0.2, 0.25) is 0 Å². The zero-order valence-electron chi connectivity index (χ0n) is 10.4. The smallest absolute Gasteiger partial charge is 0.243 e. The van der Waals surface area contributed by atoms with E-state index >= 15 is 0 Å². The number of hydrogen-bond donors (Lipinski definition) is 0. The number of nitrogens with zero attached hydrogens (tertiary/aromatic N) is 1. The van der Waals surface area contributed by atoms with Gasteiger partial charge in [-0.25, -0.2) is 9.37 Å². The summed E-state index contributed by atoms with van der Waals surface area (Å²) < 4.78 is 52.5. The molecule has 3 rings (SSSR count). The molecule has 0 radical (unpaired) electrons. The summed E-state index contributed by atoms with van der Waals surface area (Å²) in [6.07, 6.45) is -4.62. The summed E-state index contributed by atoms with van der Waals surface area (Å²) >= 11 is 0. The highest BCUT2D eigenvalue weighted by Crippen LogP contribution is 2.36. The van der Waals surface area contributed by atoms with Gasteiger partial charge in [0.05, 0.1) is 5.52 Å². The van der Waals surface area contributed by atoms with Gasteiger partial charge in [-0.05, 0) is 36.6 Å². The maximum atomic E-state index is 13.3. The molecule has 0 N–H and O–H groups in total. The van der Waals surface area contributed by atoms with E-state index in [2.05, 4.69) is 4.98 Å². The van der Waals surface area contributed by atoms with Gasteiger partial charge in [-0.15, -0.1) is 0 Å². The topological polar surface area (TPSA) is 12.9 Å². The molecule has 1 aromatic heterocycles. The summed E-state index contributed by atoms with van der Waals surface area (Å²) in [4.78, 5) is 3.67. The first kappa shape index (κ1) is 12.8. The number of rotatable bonds is 0. The van der Waals surface area contributed by atoms with Crippen molar-refractivity contribution in [3.63, 3.8) is 0 Å². The van der Waals surface area contributed by atoms with Gasteiger partial charge in [0, 0.05) is 10.8 Å². The van der Waals surface area contributed by atoms with Gasteiger partial charge in [0.1, 0.15) is 5.82 Å². The minimum absolute atomic E-state index is 0.212. The molecule has 0 atom stereocenters. The molecule has 0 saturated carbocycles. The predicted octanol–water partition coefficient (Wildman–Crippen LogP) is 4.85. The molecule has 0 aliphatic rings. The lowest BCUT2D eigenvalue weighted by Gasteiger charge is -2.12. The van der Waals surface area contributed by atoms with E-state index in [1.54, 1.807) is 18.2 Å². The number of alkyl halides is 3. The quantitative estimate of drug-likeness (QED) is 0.423. The molecule has 2 aromatic carbocycles. The third kappa shape index (κ3) is 1.99. The third-order valence-corrected chi connectivity index (χ3v) is 3.18. The van der Waals surface area contributed by atoms with Crippen LogP contribution in [0.15, 0.2) is 36.4 Å². The Bertz CT molecular complexity index is 821. The first-order valence-electron chi connectivity index (χ1n) is 5.93. The molecule has 0 fully saturated rings. The van der Waals surface area contributed by atoms with Crippen molar-refractivity contribution >= 4 is 21.7 Å². The Labute approximate surface area is 111 Å². The van der Waals surface area contributed by atoms with Crippen molar-refractivity contribution in [3.05, 3.63) is 53.5 Å². The van der Waals surface area contributed by atoms with Crippen molar-refractivity contribution in [3.8, 4) is 0 Å². The number of aromatic nitrogens is 1. The van der Waals surface area contributed by atoms with Crippen LogP contribution >= 0.6 is 0 Å². The second kappa shape index (κ2) is 4.16. The average molecular weight is 279 g/mol. The molecule has 0 spiro atoms. The Morgan fingerprint density at radius 3 is 2.35 bits per heavy atom. The van der Waals surface area contributed by atoms with Gasteiger partial charge in [-0.1, -0.05) is 17.7 Å². The highest BCUT2D eigenvalue weighted by Gasteiger charge is 2.35. The van der Waals surface area contributed by atoms with Crippen LogP contribution in [0, 0.1) is 12.7 Å². The molecule has 0 unspecified atom stereocenters. The molecule has 3 aromatic rings. The molecule has 0 amide bonds. The lowest BCUT2D eigenvalue weighted by atomic mass is 10.0. The molecule has 1 nitrogen and oxygen atoms in total. The van der Waals surface area contributed by atoms with Crippen LogP contribution in [-0.2, 0) is 6.18 Å². The zero-order valence-corrected chi connectivity index (χ0v) is 10.4. The van der Waals surface area contributed by atoms with Crippen LogP contribution in [0.2, 0.25) is 0 Å². The number of halogens is 4. The van der Waals surface area contributed by atoms with Gasteiger partial charge in [-0.3, -0.25) is 0 Å². The van der Waals surface area contributed by atoms with E-state index < -0.39 is 17.7 Å². The first-order valence-corrected chi connectivity index (χ1v) is 5.93. The van der Waals surface area contributed by atoms with Gasteiger partial charge >= 0.3 is 6.18 Å². The largest absolute Gasteiger partial charge is 0.433 e. The Balaban J connectivity index is 2.55. The summed E-state index contributed by atoms with van der Waals surface area (Å²) in [7, 11) is 0. The van der Waals surface area contributed by atoms with Crippen LogP contribution < -0.4 is 0 Å². The predicted molar refractivity (Wildman–Crippen MR) is 68.9 cm³/mol. The van der Waals surface area contributed by atoms with Crippen LogP contribution in [0.4, 0.5) is 17.6 Å². The Hall–Kier alpha value is -2.17. The Morgan fingerprint density at radius 2 is 1.65 bits per heavy atom. The molecule has 0 aliphatic carbocycles. The van der Waals surface area contributed by atoms with E-state index in [0.717, 1.165) is 17.7 Å². The molecule has 20 heavy (non-hydrogen) atoms. The van der Waals surface area contributed by atoms with Crippen LogP contribution in [0.5, 0.6) is 0 Å². The number of aryl methyl sites for hydroxylation is 1. The second-order valence-corrected chi connectivity index (χ2v) is 4.67. The Morgan fingerprint density at radius 1 is 0.900 bits per heavy atom. The highest BCUT2D eigenvalue weighted by atomic mass is 19.4. The van der Waals surface area contributed by atoms with Crippen LogP contribution in [-0.4, -0.2) is 4.98 Å². The van der Waals surface area contributed by atoms with Gasteiger partial charge < -0.3 is 0 Å². The van der Waals surface area contributed by atoms with Crippen LogP contribution in [0.3, 0.4) is 0 Å². The molecule has 0 saturated heterocycles. The van der Waals surface area contributed by atoms with Crippen molar-refractivity contribution in [2.45, 2.75) is 13.1 Å². The van der Waals surface area contributed by atoms with E-state index in [-0.39, 0.29) is 10.9 Å². The molecular formula is C15H9F4N. The second-order valence-electron chi connectivity index (χ2n) is 4.67. The SMILES string of the molecule is Cc1ccc2nc(C(F)(F)F)c3cc(F)ccc3c2c1. The summed E-state index contributed by atoms with van der Waals surface area (Å²) in [5.74, 6) is -0.711. The minimum Gasteiger partial charge on any atom is -0.243 e. The molecule has 102 valence electrons. The molecule has 0 aliphatic heterocycles. The number of hydrogen-bond acceptors (Lipinski definition) is 1. The van der Waals surface area contributed by atoms with E-state index in [0.29, 0.717) is 10.8 Å². The summed E-state index contributed by atoms with van der Waals surface area (Å²) in [5, 5.41) is 0.732. The highest BCUT2D eigenvalue weighted by molar-refractivity contribution is 6.07. The van der Waals surface area contributed by atoms with E-state index in [9.17, 15) is 17.6 Å². The van der Waals surface area contributed by atoms with Crippen molar-refractivity contribution in [1.29, 1.82) is 0 Å². The zero-order chi connectivity index (χ0) is 14.5. The standard InChI is InChI=1S/C15H9F4N/c1-8-2-5-13-11(6-8)10-4-3-9(16)7-12(10)14(20-13)15(17,18)19/h2-7H,1H3. The van der Waals surface area contributed by atoms with Crippen molar-refractivity contribution in [2.24, 2.45) is 0 Å². The third-order valence-electron chi connectivity index (χ3n) is 3.18. The normalized spacial score (nSPS) is 12.2. The van der Waals surface area contributed by atoms with E-state index in [1.165, 1.54) is 6.07 Å². The van der Waals surface area contributed by atoms with Gasteiger partial charge in [-0.2, -0.15) is 13.2 Å². The average Bonchev–Trinajstić information content (AvgIpc) is 2.36. The summed E-state index contributed by atoms with van der Waals surface area (Å²) in [6, 6.07) is 8.40. The maximum Gasteiger partial charge on any atom is 0.433 e. The fraction of sp³-hybridized carbons (Fsp3) is 0.133. The number of benzene rings is 2. The van der Waals surface area contributed by atoms with Gasteiger partial charge in [0.25, 0.3) is 0 Å². The fourth-order valence-corrected chi connectivity index (χ4v) is 2.31. The van der Waals surface area contributed by atoms with Crippen molar-refractivity contribution < 1.29 is 17.6 Å². The van der Waals surface area contributed by atoms with Crippen LogP contribution in [0.1, 0.15) is 11.3 Å². The summed E-state index contributed by atoms with van der Waals surface area (Å²) in [5.41, 5.74) is 0.107. The van der Waals surface area contributed by atoms with Gasteiger partial charge in [0.15, 0.2) is 5.69 Å². The lowest BCUT2D eigenvalue weighted by molar-refractivity contribution is -0.139. The fourth-order valence-electron chi connectivity index (χ4n) is 2.31. The lowest BCUT2D eigenvalue weighted by Crippen LogP contribution is -2.09. The number of fused-ring (bicyclic) bond motifs is 3. The first-order chi connectivity index (χ1) is 9.36. The maximum absolute atomic E-state index is 13.3. The van der Waals surface area contributed by atoms with Crippen molar-refractivity contribution in [1.82, 2.24) is 4.98 Å².